The fourth-order valence-electron chi connectivity index (χ4n) is 2.14. The maximum atomic E-state index is 3.53. The fraction of sp³-hybridized carbons (Fsp3) is 0.250. The van der Waals surface area contributed by atoms with E-state index in [1.165, 1.54) is 31.5 Å². The van der Waals surface area contributed by atoms with Crippen molar-refractivity contribution in [1.29, 1.82) is 0 Å². The molecule has 0 radical (unpaired) electrons. The second-order valence-corrected chi connectivity index (χ2v) is 5.93. The fourth-order valence-corrected chi connectivity index (χ4v) is 2.78. The first-order valence-electron chi connectivity index (χ1n) is 6.13. The second-order valence-electron chi connectivity index (χ2n) is 4.68. The van der Waals surface area contributed by atoms with Crippen LogP contribution in [0.25, 0.3) is 0 Å². The van der Waals surface area contributed by atoms with Gasteiger partial charge in [-0.2, -0.15) is 0 Å². The molecule has 0 aliphatic heterocycles. The summed E-state index contributed by atoms with van der Waals surface area (Å²) in [6.45, 7) is 7.38. The number of halogens is 1. The van der Waals surface area contributed by atoms with Crippen molar-refractivity contribution >= 4 is 28.3 Å². The van der Waals surface area contributed by atoms with Gasteiger partial charge in [0.1, 0.15) is 0 Å². The molecule has 1 N–H and O–H groups in total. The Balaban J connectivity index is 2.16. The van der Waals surface area contributed by atoms with Crippen LogP contribution in [-0.2, 0) is 6.54 Å². The molecule has 18 heavy (non-hydrogen) atoms. The summed E-state index contributed by atoms with van der Waals surface area (Å²) in [7, 11) is 0. The molecule has 0 fully saturated rings. The van der Waals surface area contributed by atoms with Gasteiger partial charge in [-0.1, -0.05) is 18.2 Å². The molecule has 0 heterocycles. The van der Waals surface area contributed by atoms with Gasteiger partial charge in [0.25, 0.3) is 0 Å². The summed E-state index contributed by atoms with van der Waals surface area (Å²) in [5.74, 6) is 0. The Labute approximate surface area is 123 Å². The van der Waals surface area contributed by atoms with Crippen LogP contribution in [-0.4, -0.2) is 0 Å². The summed E-state index contributed by atoms with van der Waals surface area (Å²) >= 11 is 2.34. The van der Waals surface area contributed by atoms with Crippen LogP contribution < -0.4 is 5.32 Å². The van der Waals surface area contributed by atoms with Crippen LogP contribution in [0.5, 0.6) is 0 Å². The van der Waals surface area contributed by atoms with Gasteiger partial charge in [-0.05, 0) is 83.8 Å². The predicted octanol–water partition coefficient (Wildman–Crippen LogP) is 4.83. The van der Waals surface area contributed by atoms with Crippen molar-refractivity contribution in [1.82, 2.24) is 0 Å². The van der Waals surface area contributed by atoms with Crippen molar-refractivity contribution in [3.05, 3.63) is 62.2 Å². The third-order valence-electron chi connectivity index (χ3n) is 3.29. The molecule has 94 valence electrons. The Hall–Kier alpha value is -1.03. The minimum Gasteiger partial charge on any atom is -0.381 e. The summed E-state index contributed by atoms with van der Waals surface area (Å²) < 4.78 is 1.28. The van der Waals surface area contributed by atoms with Crippen molar-refractivity contribution in [2.45, 2.75) is 27.3 Å². The largest absolute Gasteiger partial charge is 0.381 e. The van der Waals surface area contributed by atoms with Crippen LogP contribution >= 0.6 is 22.6 Å². The molecule has 0 atom stereocenters. The average molecular weight is 351 g/mol. The summed E-state index contributed by atoms with van der Waals surface area (Å²) in [5.41, 5.74) is 6.62. The van der Waals surface area contributed by atoms with Crippen molar-refractivity contribution < 1.29 is 0 Å². The summed E-state index contributed by atoms with van der Waals surface area (Å²) in [6, 6.07) is 13.0. The van der Waals surface area contributed by atoms with Gasteiger partial charge in [-0.15, -0.1) is 0 Å². The molecule has 0 unspecified atom stereocenters. The molecular weight excluding hydrogens is 333 g/mol. The predicted molar refractivity (Wildman–Crippen MR) is 87.1 cm³/mol. The number of aryl methyl sites for hydroxylation is 3. The van der Waals surface area contributed by atoms with Gasteiger partial charge in [-0.25, -0.2) is 0 Å². The SMILES string of the molecule is Cc1cc(I)ccc1NCc1c(C)cccc1C. The lowest BCUT2D eigenvalue weighted by Crippen LogP contribution is -2.04. The molecule has 2 aromatic rings. The second kappa shape index (κ2) is 5.74. The third kappa shape index (κ3) is 3.05. The minimum atomic E-state index is 0.889. The summed E-state index contributed by atoms with van der Waals surface area (Å²) in [5, 5.41) is 3.53. The zero-order valence-electron chi connectivity index (χ0n) is 11.0. The van der Waals surface area contributed by atoms with Crippen molar-refractivity contribution in [3.63, 3.8) is 0 Å². The molecule has 0 aliphatic carbocycles. The van der Waals surface area contributed by atoms with Crippen LogP contribution in [0.4, 0.5) is 5.69 Å². The summed E-state index contributed by atoms with van der Waals surface area (Å²) in [6.07, 6.45) is 0. The average Bonchev–Trinajstić information content (AvgIpc) is 2.31. The van der Waals surface area contributed by atoms with Crippen LogP contribution in [0, 0.1) is 24.3 Å². The lowest BCUT2D eigenvalue weighted by molar-refractivity contribution is 1.08. The molecule has 2 heteroatoms. The molecule has 0 saturated heterocycles. The molecular formula is C16H18IN. The molecule has 1 nitrogen and oxygen atoms in total. The van der Waals surface area contributed by atoms with E-state index in [-0.39, 0.29) is 0 Å². The van der Waals surface area contributed by atoms with Crippen LogP contribution in [0.1, 0.15) is 22.3 Å². The number of hydrogen-bond donors (Lipinski definition) is 1. The van der Waals surface area contributed by atoms with E-state index in [2.05, 4.69) is 85.1 Å². The van der Waals surface area contributed by atoms with E-state index >= 15 is 0 Å². The smallest absolute Gasteiger partial charge is 0.0406 e. The zero-order valence-corrected chi connectivity index (χ0v) is 13.2. The van der Waals surface area contributed by atoms with E-state index < -0.39 is 0 Å². The molecule has 0 bridgehead atoms. The van der Waals surface area contributed by atoms with E-state index in [4.69, 9.17) is 0 Å². The topological polar surface area (TPSA) is 12.0 Å². The van der Waals surface area contributed by atoms with E-state index in [9.17, 15) is 0 Å². The van der Waals surface area contributed by atoms with Gasteiger partial charge < -0.3 is 5.32 Å². The Morgan fingerprint density at radius 3 is 2.22 bits per heavy atom. The Bertz CT molecular complexity index is 541. The number of nitrogens with one attached hydrogen (secondary N) is 1. The Morgan fingerprint density at radius 1 is 0.944 bits per heavy atom. The van der Waals surface area contributed by atoms with Crippen LogP contribution in [0.3, 0.4) is 0 Å². The van der Waals surface area contributed by atoms with Crippen LogP contribution in [0.2, 0.25) is 0 Å². The Kier molecular flexibility index (Phi) is 4.27. The molecule has 2 rings (SSSR count). The normalized spacial score (nSPS) is 10.4. The van der Waals surface area contributed by atoms with Crippen molar-refractivity contribution in [2.24, 2.45) is 0 Å². The first kappa shape index (κ1) is 13.4. The minimum absolute atomic E-state index is 0.889. The van der Waals surface area contributed by atoms with E-state index in [1.807, 2.05) is 0 Å². The Morgan fingerprint density at radius 2 is 1.61 bits per heavy atom. The number of hydrogen-bond acceptors (Lipinski definition) is 1. The quantitative estimate of drug-likeness (QED) is 0.781. The standard InChI is InChI=1S/C16H18IN/c1-11-5-4-6-12(2)15(11)10-18-16-8-7-14(17)9-13(16)3/h4-9,18H,10H2,1-3H3. The first-order chi connectivity index (χ1) is 8.58. The highest BCUT2D eigenvalue weighted by atomic mass is 127. The zero-order chi connectivity index (χ0) is 13.1. The van der Waals surface area contributed by atoms with Gasteiger partial charge in [-0.3, -0.25) is 0 Å². The van der Waals surface area contributed by atoms with Gasteiger partial charge in [0.15, 0.2) is 0 Å². The molecule has 0 aliphatic rings. The van der Waals surface area contributed by atoms with E-state index in [1.54, 1.807) is 0 Å². The highest BCUT2D eigenvalue weighted by molar-refractivity contribution is 14.1. The summed E-state index contributed by atoms with van der Waals surface area (Å²) in [4.78, 5) is 0. The van der Waals surface area contributed by atoms with Gasteiger partial charge in [0, 0.05) is 15.8 Å². The maximum absolute atomic E-state index is 3.53. The lowest BCUT2D eigenvalue weighted by atomic mass is 10.0. The molecule has 2 aromatic carbocycles. The molecule has 0 aromatic heterocycles. The monoisotopic (exact) mass is 351 g/mol. The van der Waals surface area contributed by atoms with Gasteiger partial charge in [0.05, 0.1) is 0 Å². The third-order valence-corrected chi connectivity index (χ3v) is 3.96. The maximum Gasteiger partial charge on any atom is 0.0406 e. The van der Waals surface area contributed by atoms with Crippen molar-refractivity contribution in [3.8, 4) is 0 Å². The highest BCUT2D eigenvalue weighted by Crippen LogP contribution is 2.20. The van der Waals surface area contributed by atoms with E-state index in [0.29, 0.717) is 0 Å². The molecule has 0 saturated carbocycles. The van der Waals surface area contributed by atoms with Crippen molar-refractivity contribution in [2.75, 3.05) is 5.32 Å². The number of benzene rings is 2. The number of rotatable bonds is 3. The van der Waals surface area contributed by atoms with Crippen LogP contribution in [0.15, 0.2) is 36.4 Å². The highest BCUT2D eigenvalue weighted by Gasteiger charge is 2.03. The van der Waals surface area contributed by atoms with E-state index in [0.717, 1.165) is 6.54 Å². The number of anilines is 1. The lowest BCUT2D eigenvalue weighted by Gasteiger charge is -2.13. The molecule has 0 spiro atoms. The van der Waals surface area contributed by atoms with Gasteiger partial charge >= 0.3 is 0 Å². The van der Waals surface area contributed by atoms with Gasteiger partial charge in [0.2, 0.25) is 0 Å². The molecule has 0 amide bonds. The first-order valence-corrected chi connectivity index (χ1v) is 7.21.